The third-order valence-electron chi connectivity index (χ3n) is 3.96. The Kier molecular flexibility index (Phi) is 3.48. The normalized spacial score (nSPS) is 11.2. The van der Waals surface area contributed by atoms with Crippen LogP contribution in [0.2, 0.25) is 0 Å². The first kappa shape index (κ1) is 14.4. The highest BCUT2D eigenvalue weighted by molar-refractivity contribution is 5.90. The Balaban J connectivity index is 2.41. The van der Waals surface area contributed by atoms with Gasteiger partial charge in [0.25, 0.3) is 0 Å². The van der Waals surface area contributed by atoms with Crippen molar-refractivity contribution in [3.63, 3.8) is 0 Å². The van der Waals surface area contributed by atoms with Gasteiger partial charge in [-0.1, -0.05) is 0 Å². The van der Waals surface area contributed by atoms with Gasteiger partial charge in [0.15, 0.2) is 11.3 Å². The molecule has 1 aromatic rings. The molecule has 0 bridgehead atoms. The maximum Gasteiger partial charge on any atom is 0.206 e. The first-order chi connectivity index (χ1) is 10.5. The number of anilines is 2. The second kappa shape index (κ2) is 5.33. The number of nitrogens with zero attached hydrogens (tertiary/aromatic N) is 2. The summed E-state index contributed by atoms with van der Waals surface area (Å²) in [7, 11) is 0. The second-order valence-electron chi connectivity index (χ2n) is 5.45. The van der Waals surface area contributed by atoms with E-state index in [4.69, 9.17) is 15.9 Å². The minimum absolute atomic E-state index is 0.533. The molecule has 1 aliphatic heterocycles. The van der Waals surface area contributed by atoms with Gasteiger partial charge in [-0.05, 0) is 32.9 Å². The van der Waals surface area contributed by atoms with Gasteiger partial charge in [-0.3, -0.25) is 0 Å². The Labute approximate surface area is 129 Å². The van der Waals surface area contributed by atoms with Crippen molar-refractivity contribution in [1.29, 1.82) is 0 Å². The van der Waals surface area contributed by atoms with Crippen LogP contribution in [-0.4, -0.2) is 18.1 Å². The van der Waals surface area contributed by atoms with Crippen LogP contribution in [-0.2, 0) is 0 Å². The molecule has 1 heterocycles. The topological polar surface area (TPSA) is 81.1 Å². The highest BCUT2D eigenvalue weighted by Gasteiger charge is 2.15. The standard InChI is InChI=1S/C17H20N4O/c1-4-21(5-2)14-9-15-13(6-10(14)3)20-17-12(19)7-11(18)8-16(17)22-15/h6-9H,4-5H2,1-3H3,(H3,18,19)/p+1. The van der Waals surface area contributed by atoms with E-state index in [1.807, 2.05) is 12.1 Å². The summed E-state index contributed by atoms with van der Waals surface area (Å²) in [6.07, 6.45) is 0. The fourth-order valence-electron chi connectivity index (χ4n) is 2.82. The Morgan fingerprint density at radius 2 is 1.82 bits per heavy atom. The van der Waals surface area contributed by atoms with Gasteiger partial charge in [0.1, 0.15) is 24.3 Å². The molecule has 0 amide bonds. The largest absolute Gasteiger partial charge is 0.452 e. The summed E-state index contributed by atoms with van der Waals surface area (Å²) in [4.78, 5) is 4.64. The van der Waals surface area contributed by atoms with E-state index in [1.165, 1.54) is 10.9 Å². The van der Waals surface area contributed by atoms with Crippen molar-refractivity contribution in [3.05, 3.63) is 35.2 Å². The Hall–Kier alpha value is -2.56. The zero-order valence-electron chi connectivity index (χ0n) is 13.2. The van der Waals surface area contributed by atoms with Crippen molar-refractivity contribution in [1.82, 2.24) is 9.56 Å². The number of hydrogen-bond donors (Lipinski definition) is 2. The lowest BCUT2D eigenvalue weighted by molar-refractivity contribution is 0.598. The van der Waals surface area contributed by atoms with Gasteiger partial charge >= 0.3 is 0 Å². The first-order valence-electron chi connectivity index (χ1n) is 7.51. The number of benzene rings is 2. The van der Waals surface area contributed by atoms with Crippen LogP contribution >= 0.6 is 0 Å². The van der Waals surface area contributed by atoms with Gasteiger partial charge in [0, 0.05) is 17.3 Å². The predicted octanol–water partition coefficient (Wildman–Crippen LogP) is 2.22. The van der Waals surface area contributed by atoms with Crippen LogP contribution in [0.15, 0.2) is 28.7 Å². The number of aromatic nitrogens is 1. The highest BCUT2D eigenvalue weighted by atomic mass is 16.3. The number of fused-ring (bicyclic) bond motifs is 2. The molecule has 2 aliphatic rings. The number of nitrogen functional groups attached to an aromatic ring is 2. The molecule has 114 valence electrons. The van der Waals surface area contributed by atoms with E-state index in [0.717, 1.165) is 24.5 Å². The highest BCUT2D eigenvalue weighted by Crippen LogP contribution is 2.29. The molecule has 1 aliphatic carbocycles. The summed E-state index contributed by atoms with van der Waals surface area (Å²) in [6, 6.07) is 7.55. The van der Waals surface area contributed by atoms with Gasteiger partial charge in [0.2, 0.25) is 5.36 Å². The Morgan fingerprint density at radius 1 is 1.09 bits per heavy atom. The maximum absolute atomic E-state index is 6.00. The lowest BCUT2D eigenvalue weighted by Crippen LogP contribution is -2.31. The molecule has 5 nitrogen and oxygen atoms in total. The van der Waals surface area contributed by atoms with Gasteiger partial charge in [-0.2, -0.15) is 0 Å². The molecule has 1 aromatic carbocycles. The van der Waals surface area contributed by atoms with Crippen LogP contribution in [0.1, 0.15) is 19.4 Å². The van der Waals surface area contributed by atoms with E-state index in [-0.39, 0.29) is 0 Å². The molecular weight excluding hydrogens is 276 g/mol. The number of rotatable bonds is 2. The molecule has 0 radical (unpaired) electrons. The summed E-state index contributed by atoms with van der Waals surface area (Å²) in [5.41, 5.74) is 16.2. The van der Waals surface area contributed by atoms with E-state index in [1.54, 1.807) is 12.1 Å². The molecule has 4 N–H and O–H groups in total. The Bertz CT molecular complexity index is 889. The van der Waals surface area contributed by atoms with Crippen LogP contribution < -0.4 is 21.4 Å². The molecule has 0 saturated carbocycles. The summed E-state index contributed by atoms with van der Waals surface area (Å²) < 4.78 is 8.29. The van der Waals surface area contributed by atoms with E-state index < -0.39 is 0 Å². The molecule has 0 spiro atoms. The van der Waals surface area contributed by atoms with Crippen LogP contribution in [0.25, 0.3) is 22.6 Å². The molecule has 0 unspecified atom stereocenters. The van der Waals surface area contributed by atoms with Gasteiger partial charge in [-0.25, -0.2) is 9.56 Å². The smallest absolute Gasteiger partial charge is 0.206 e. The van der Waals surface area contributed by atoms with Crippen LogP contribution in [0.4, 0.5) is 11.4 Å². The second-order valence-corrected chi connectivity index (χ2v) is 5.45. The summed E-state index contributed by atoms with van der Waals surface area (Å²) in [5.74, 6) is 0.741. The average Bonchev–Trinajstić information content (AvgIpc) is 2.47. The molecule has 0 saturated heterocycles. The van der Waals surface area contributed by atoms with Crippen molar-refractivity contribution in [2.75, 3.05) is 24.6 Å². The summed E-state index contributed by atoms with van der Waals surface area (Å²) in [5, 5.41) is 1.17. The van der Waals surface area contributed by atoms with Crippen molar-refractivity contribution in [2.45, 2.75) is 20.8 Å². The van der Waals surface area contributed by atoms with Gasteiger partial charge < -0.3 is 15.9 Å². The van der Waals surface area contributed by atoms with Crippen molar-refractivity contribution < 1.29 is 4.42 Å². The maximum atomic E-state index is 6.00. The van der Waals surface area contributed by atoms with E-state index in [2.05, 4.69) is 30.3 Å². The van der Waals surface area contributed by atoms with Gasteiger partial charge in [0.05, 0.1) is 11.8 Å². The van der Waals surface area contributed by atoms with Crippen LogP contribution in [0, 0.1) is 6.92 Å². The van der Waals surface area contributed by atoms with E-state index >= 15 is 0 Å². The van der Waals surface area contributed by atoms with Crippen LogP contribution in [0.3, 0.4) is 0 Å². The summed E-state index contributed by atoms with van der Waals surface area (Å²) in [6.45, 7) is 8.27. The van der Waals surface area contributed by atoms with Crippen LogP contribution in [0.5, 0.6) is 0 Å². The third kappa shape index (κ3) is 2.28. The molecule has 0 fully saturated rings. The SMILES string of the molecule is CC[N+](CC)=c1cc2oc3cc(N)cc(N)c3nc-2cc1C. The molecular formula is C17H21N4O+. The average molecular weight is 297 g/mol. The van der Waals surface area contributed by atoms with E-state index in [9.17, 15) is 0 Å². The zero-order valence-corrected chi connectivity index (χ0v) is 13.2. The van der Waals surface area contributed by atoms with Crippen molar-refractivity contribution >= 4 is 22.5 Å². The lowest BCUT2D eigenvalue weighted by Gasteiger charge is -2.09. The minimum atomic E-state index is 0.533. The molecule has 3 rings (SSSR count). The zero-order chi connectivity index (χ0) is 15.9. The molecule has 5 heteroatoms. The monoisotopic (exact) mass is 297 g/mol. The predicted molar refractivity (Wildman–Crippen MR) is 90.5 cm³/mol. The van der Waals surface area contributed by atoms with Crippen molar-refractivity contribution in [3.8, 4) is 11.5 Å². The van der Waals surface area contributed by atoms with E-state index in [0.29, 0.717) is 22.5 Å². The number of hydrogen-bond acceptors (Lipinski definition) is 4. The number of nitrogens with two attached hydrogens (primary N) is 2. The quantitative estimate of drug-likeness (QED) is 0.432. The molecule has 0 atom stereocenters. The fourth-order valence-corrected chi connectivity index (χ4v) is 2.82. The molecule has 0 aromatic heterocycles. The number of aryl methyl sites for hydroxylation is 1. The minimum Gasteiger partial charge on any atom is -0.452 e. The molecule has 22 heavy (non-hydrogen) atoms. The summed E-state index contributed by atoms with van der Waals surface area (Å²) >= 11 is 0. The van der Waals surface area contributed by atoms with Gasteiger partial charge in [-0.15, -0.1) is 0 Å². The fraction of sp³-hybridized carbons (Fsp3) is 0.294. The lowest BCUT2D eigenvalue weighted by atomic mass is 10.1. The van der Waals surface area contributed by atoms with Crippen molar-refractivity contribution in [2.24, 2.45) is 0 Å². The Morgan fingerprint density at radius 3 is 2.50 bits per heavy atom. The third-order valence-corrected chi connectivity index (χ3v) is 3.96. The first-order valence-corrected chi connectivity index (χ1v) is 7.51.